The summed E-state index contributed by atoms with van der Waals surface area (Å²) < 4.78 is 7.55. The first-order valence-corrected chi connectivity index (χ1v) is 15.9. The Morgan fingerprint density at radius 2 is 1.83 bits per heavy atom. The Balaban J connectivity index is 1.15. The van der Waals surface area contributed by atoms with Crippen LogP contribution < -0.4 is 9.64 Å². The van der Waals surface area contributed by atoms with E-state index in [1.54, 1.807) is 0 Å². The van der Waals surface area contributed by atoms with Crippen LogP contribution in [0.25, 0.3) is 5.57 Å². The smallest absolute Gasteiger partial charge is 0.257 e. The standard InChI is InChI=1S/C36H42N3O3/c1-24-7-4-5-8-29(24)25-12-15-36(16-13-25,38-17-6-9-33(38)40)34(41)37-18-14-26-19-32-30(20-31(26)37)35(23-42-32)21-27-10-11-28(22-35)39(27,2)3/h4-5,7-8,12-13,15,19-20,27-28H,6,9-11,14,16-18,21-23H2,1-3H3/q+1. The average Bonchev–Trinajstić information content (AvgIpc) is 3.71. The molecule has 3 saturated heterocycles. The number of quaternary nitrogens is 1. The molecule has 3 unspecified atom stereocenters. The van der Waals surface area contributed by atoms with Gasteiger partial charge in [-0.25, -0.2) is 0 Å². The van der Waals surface area contributed by atoms with Crippen LogP contribution in [0.5, 0.6) is 5.75 Å². The van der Waals surface area contributed by atoms with E-state index in [1.165, 1.54) is 35.1 Å². The Bertz CT molecular complexity index is 1550. The Morgan fingerprint density at radius 3 is 2.52 bits per heavy atom. The lowest BCUT2D eigenvalue weighted by molar-refractivity contribution is -0.932. The highest BCUT2D eigenvalue weighted by Gasteiger charge is 2.58. The van der Waals surface area contributed by atoms with Crippen molar-refractivity contribution < 1.29 is 18.8 Å². The number of rotatable bonds is 3. The zero-order valence-electron chi connectivity index (χ0n) is 25.2. The zero-order chi connectivity index (χ0) is 28.9. The van der Waals surface area contributed by atoms with Crippen LogP contribution in [-0.4, -0.2) is 72.6 Å². The van der Waals surface area contributed by atoms with Gasteiger partial charge in [0, 0.05) is 68.3 Å². The molecule has 0 saturated carbocycles. The number of hydrogen-bond donors (Lipinski definition) is 0. The van der Waals surface area contributed by atoms with Gasteiger partial charge in [-0.1, -0.05) is 36.4 Å². The van der Waals surface area contributed by atoms with Crippen molar-refractivity contribution in [2.75, 3.05) is 38.7 Å². The predicted octanol–water partition coefficient (Wildman–Crippen LogP) is 5.32. The lowest BCUT2D eigenvalue weighted by atomic mass is 9.70. The maximum absolute atomic E-state index is 14.8. The molecule has 8 rings (SSSR count). The summed E-state index contributed by atoms with van der Waals surface area (Å²) in [5.41, 5.74) is 6.09. The lowest BCUT2D eigenvalue weighted by Crippen LogP contribution is -2.59. The van der Waals surface area contributed by atoms with Crippen molar-refractivity contribution in [3.8, 4) is 5.75 Å². The van der Waals surface area contributed by atoms with Gasteiger partial charge in [0.15, 0.2) is 0 Å². The monoisotopic (exact) mass is 564 g/mol. The molecule has 1 spiro atoms. The fourth-order valence-electron chi connectivity index (χ4n) is 9.30. The number of likely N-dealkylation sites (tertiary alicyclic amines) is 1. The molecule has 3 atom stereocenters. The van der Waals surface area contributed by atoms with Crippen molar-refractivity contribution in [2.45, 2.75) is 81.3 Å². The highest BCUT2D eigenvalue weighted by atomic mass is 16.5. The van der Waals surface area contributed by atoms with Crippen LogP contribution in [0.3, 0.4) is 0 Å². The Kier molecular flexibility index (Phi) is 5.67. The van der Waals surface area contributed by atoms with E-state index in [9.17, 15) is 9.59 Å². The average molecular weight is 565 g/mol. The molecule has 0 aromatic heterocycles. The third-order valence-corrected chi connectivity index (χ3v) is 11.9. The van der Waals surface area contributed by atoms with Crippen LogP contribution in [0.1, 0.15) is 67.2 Å². The minimum atomic E-state index is -0.986. The fraction of sp³-hybridized carbons (Fsp3) is 0.500. The van der Waals surface area contributed by atoms with Gasteiger partial charge in [0.25, 0.3) is 5.91 Å². The summed E-state index contributed by atoms with van der Waals surface area (Å²) in [5, 5.41) is 0. The zero-order valence-corrected chi connectivity index (χ0v) is 25.2. The third kappa shape index (κ3) is 3.60. The molecule has 218 valence electrons. The minimum absolute atomic E-state index is 0.0299. The lowest BCUT2D eigenvalue weighted by Gasteiger charge is -2.48. The fourth-order valence-corrected chi connectivity index (χ4v) is 9.30. The van der Waals surface area contributed by atoms with Crippen LogP contribution in [0, 0.1) is 6.92 Å². The molecule has 0 radical (unpaired) electrons. The number of anilines is 1. The molecule has 2 bridgehead atoms. The van der Waals surface area contributed by atoms with Crippen molar-refractivity contribution in [3.63, 3.8) is 0 Å². The number of nitrogens with zero attached hydrogens (tertiary/aromatic N) is 3. The first kappa shape index (κ1) is 26.3. The summed E-state index contributed by atoms with van der Waals surface area (Å²) in [7, 11) is 4.81. The van der Waals surface area contributed by atoms with E-state index in [4.69, 9.17) is 4.74 Å². The first-order chi connectivity index (χ1) is 20.2. The summed E-state index contributed by atoms with van der Waals surface area (Å²) in [5.74, 6) is 1.14. The normalized spacial score (nSPS) is 32.3. The first-order valence-electron chi connectivity index (χ1n) is 15.9. The third-order valence-electron chi connectivity index (χ3n) is 11.9. The number of carbonyl (C=O) groups excluding carboxylic acids is 2. The van der Waals surface area contributed by atoms with E-state index < -0.39 is 5.54 Å². The topological polar surface area (TPSA) is 49.9 Å². The van der Waals surface area contributed by atoms with Crippen molar-refractivity contribution in [1.82, 2.24) is 4.90 Å². The van der Waals surface area contributed by atoms with Crippen molar-refractivity contribution in [3.05, 3.63) is 76.9 Å². The molecule has 0 N–H and O–H groups in total. The van der Waals surface area contributed by atoms with Crippen molar-refractivity contribution >= 4 is 23.1 Å². The van der Waals surface area contributed by atoms with E-state index in [1.807, 2.05) is 15.9 Å². The number of allylic oxidation sites excluding steroid dienone is 2. The van der Waals surface area contributed by atoms with Gasteiger partial charge in [0.05, 0.1) is 32.8 Å². The van der Waals surface area contributed by atoms with Crippen LogP contribution >= 0.6 is 0 Å². The number of ether oxygens (including phenoxy) is 1. The molecule has 6 nitrogen and oxygen atoms in total. The summed E-state index contributed by atoms with van der Waals surface area (Å²) in [6.45, 7) is 4.15. The summed E-state index contributed by atoms with van der Waals surface area (Å²) in [6.07, 6.45) is 13.8. The van der Waals surface area contributed by atoms with E-state index in [0.717, 1.165) is 53.8 Å². The Morgan fingerprint density at radius 1 is 1.05 bits per heavy atom. The number of amides is 2. The molecule has 6 aliphatic rings. The molecule has 3 fully saturated rings. The number of hydrogen-bond acceptors (Lipinski definition) is 3. The second-order valence-electron chi connectivity index (χ2n) is 14.3. The number of fused-ring (bicyclic) bond motifs is 5. The van der Waals surface area contributed by atoms with Crippen molar-refractivity contribution in [1.29, 1.82) is 0 Å². The number of aryl methyl sites for hydroxylation is 1. The highest BCUT2D eigenvalue weighted by Crippen LogP contribution is 2.56. The second-order valence-corrected chi connectivity index (χ2v) is 14.3. The predicted molar refractivity (Wildman–Crippen MR) is 164 cm³/mol. The van der Waals surface area contributed by atoms with Gasteiger partial charge in [-0.2, -0.15) is 0 Å². The van der Waals surface area contributed by atoms with Gasteiger partial charge in [0.1, 0.15) is 11.3 Å². The van der Waals surface area contributed by atoms with E-state index in [2.05, 4.69) is 69.6 Å². The van der Waals surface area contributed by atoms with Gasteiger partial charge in [-0.15, -0.1) is 0 Å². The van der Waals surface area contributed by atoms with E-state index in [-0.39, 0.29) is 17.2 Å². The van der Waals surface area contributed by atoms with Crippen molar-refractivity contribution in [2.24, 2.45) is 0 Å². The SMILES string of the molecule is Cc1ccccc1C1=CCC(C(=O)N2CCc3cc4c(cc32)C2(CO4)CC3CCC(C2)[N+]3(C)C)(N2CCCC2=O)C=C1. The van der Waals surface area contributed by atoms with Gasteiger partial charge in [-0.05, 0) is 60.2 Å². The molecule has 5 aliphatic heterocycles. The maximum atomic E-state index is 14.8. The molecule has 5 heterocycles. The minimum Gasteiger partial charge on any atom is -0.492 e. The molecular formula is C36H42N3O3+. The number of piperidine rings is 1. The quantitative estimate of drug-likeness (QED) is 0.474. The molecule has 1 aliphatic carbocycles. The molecule has 2 amide bonds. The largest absolute Gasteiger partial charge is 0.492 e. The van der Waals surface area contributed by atoms with Gasteiger partial charge < -0.3 is 19.0 Å². The van der Waals surface area contributed by atoms with E-state index >= 15 is 0 Å². The molecule has 2 aromatic carbocycles. The maximum Gasteiger partial charge on any atom is 0.257 e. The second kappa shape index (κ2) is 9.06. The molecule has 2 aromatic rings. The van der Waals surface area contributed by atoms with Crippen LogP contribution in [-0.2, 0) is 21.4 Å². The number of carbonyl (C=O) groups is 2. The van der Waals surface area contributed by atoms with Crippen LogP contribution in [0.4, 0.5) is 5.69 Å². The Hall–Kier alpha value is -3.38. The summed E-state index contributed by atoms with van der Waals surface area (Å²) in [4.78, 5) is 31.9. The summed E-state index contributed by atoms with van der Waals surface area (Å²) in [6, 6.07) is 14.2. The highest BCUT2D eigenvalue weighted by molar-refractivity contribution is 6.06. The van der Waals surface area contributed by atoms with Crippen LogP contribution in [0.2, 0.25) is 0 Å². The summed E-state index contributed by atoms with van der Waals surface area (Å²) >= 11 is 0. The molecule has 42 heavy (non-hydrogen) atoms. The molecular weight excluding hydrogens is 522 g/mol. The number of benzene rings is 2. The van der Waals surface area contributed by atoms with Crippen LogP contribution in [0.15, 0.2) is 54.6 Å². The van der Waals surface area contributed by atoms with Gasteiger partial charge in [-0.3, -0.25) is 9.59 Å². The Labute approximate surface area is 249 Å². The van der Waals surface area contributed by atoms with Gasteiger partial charge in [0.2, 0.25) is 5.91 Å². The van der Waals surface area contributed by atoms with Gasteiger partial charge >= 0.3 is 0 Å². The molecule has 6 heteroatoms. The van der Waals surface area contributed by atoms with E-state index in [0.29, 0.717) is 38.0 Å².